The Morgan fingerprint density at radius 1 is 1.19 bits per heavy atom. The minimum atomic E-state index is -4.51. The van der Waals surface area contributed by atoms with Crippen LogP contribution < -0.4 is 5.32 Å². The van der Waals surface area contributed by atoms with Crippen LogP contribution in [0.1, 0.15) is 60.8 Å². The quantitative estimate of drug-likeness (QED) is 0.707. The number of amides is 1. The van der Waals surface area contributed by atoms with Crippen LogP contribution in [0.25, 0.3) is 0 Å². The van der Waals surface area contributed by atoms with Crippen LogP contribution in [0.3, 0.4) is 0 Å². The minimum Gasteiger partial charge on any atom is -0.334 e. The number of carbonyl (C=O) groups excluding carboxylic acids is 1. The van der Waals surface area contributed by atoms with Crippen LogP contribution >= 0.6 is 0 Å². The highest BCUT2D eigenvalue weighted by molar-refractivity contribution is 5.92. The number of carbonyl (C=O) groups is 1. The second-order valence-electron chi connectivity index (χ2n) is 9.36. The summed E-state index contributed by atoms with van der Waals surface area (Å²) in [5.41, 5.74) is -2.11. The van der Waals surface area contributed by atoms with E-state index in [1.807, 2.05) is 20.8 Å². The molecule has 0 spiro atoms. The molecule has 1 amide bonds. The van der Waals surface area contributed by atoms with Crippen molar-refractivity contribution in [2.45, 2.75) is 84.6 Å². The van der Waals surface area contributed by atoms with Crippen LogP contribution in [0.15, 0.2) is 5.10 Å². The lowest BCUT2D eigenvalue weighted by Gasteiger charge is -2.38. The molecule has 0 aromatic heterocycles. The van der Waals surface area contributed by atoms with Crippen LogP contribution in [0.2, 0.25) is 0 Å². The van der Waals surface area contributed by atoms with Gasteiger partial charge in [0.1, 0.15) is 6.17 Å². The zero-order chi connectivity index (χ0) is 21.0. The summed E-state index contributed by atoms with van der Waals surface area (Å²) in [6, 6.07) is 0. The average molecular weight is 397 g/mol. The lowest BCUT2D eigenvalue weighted by molar-refractivity contribution is -0.214. The van der Waals surface area contributed by atoms with Gasteiger partial charge in [0.2, 0.25) is 11.8 Å². The fraction of sp³-hybridized carbons (Fsp3) is 0.889. The molecular weight excluding hydrogens is 369 g/mol. The third-order valence-electron chi connectivity index (χ3n) is 5.30. The van der Waals surface area contributed by atoms with Crippen molar-refractivity contribution in [1.82, 2.24) is 10.3 Å². The van der Waals surface area contributed by atoms with Crippen molar-refractivity contribution in [1.29, 1.82) is 0 Å². The molecule has 156 valence electrons. The van der Waals surface area contributed by atoms with Gasteiger partial charge in [0, 0.05) is 36.8 Å². The Labute approximate surface area is 156 Å². The van der Waals surface area contributed by atoms with Crippen molar-refractivity contribution in [3.63, 3.8) is 0 Å². The molecule has 1 N–H and O–H groups in total. The normalized spacial score (nSPS) is 26.6. The molecule has 0 bridgehead atoms. The van der Waals surface area contributed by atoms with Crippen molar-refractivity contribution in [2.24, 2.45) is 22.4 Å². The molecule has 0 aromatic rings. The molecule has 0 saturated heterocycles. The van der Waals surface area contributed by atoms with Crippen LogP contribution in [0.4, 0.5) is 22.0 Å². The predicted octanol–water partition coefficient (Wildman–Crippen LogP) is 4.56. The maximum Gasteiger partial charge on any atom is 0.394 e. The number of hydrogen-bond donors (Lipinski definition) is 1. The molecule has 2 atom stereocenters. The highest BCUT2D eigenvalue weighted by Gasteiger charge is 2.53. The second-order valence-corrected chi connectivity index (χ2v) is 9.36. The maximum atomic E-state index is 13.3. The first kappa shape index (κ1) is 21.9. The number of hydrazone groups is 1. The Hall–Kier alpha value is -1.41. The summed E-state index contributed by atoms with van der Waals surface area (Å²) in [4.78, 5) is 12.3. The van der Waals surface area contributed by atoms with Gasteiger partial charge in [-0.15, -0.1) is 0 Å². The standard InChI is InChI=1S/C18H28F5N3O/c1-10-13(11-7-17(19,20)8-11)25-26(15(2,3)4)14(10)24-12(27)9-16(5,6)18(21,22)23/h10-11,14H,7-9H2,1-6H3,(H,24,27). The molecule has 1 fully saturated rings. The van der Waals surface area contributed by atoms with Crippen molar-refractivity contribution in [2.75, 3.05) is 0 Å². The van der Waals surface area contributed by atoms with Gasteiger partial charge in [0.05, 0.1) is 11.0 Å². The molecule has 2 rings (SSSR count). The zero-order valence-electron chi connectivity index (χ0n) is 16.5. The predicted molar refractivity (Wildman–Crippen MR) is 92.2 cm³/mol. The van der Waals surface area contributed by atoms with Crippen molar-refractivity contribution >= 4 is 11.6 Å². The summed E-state index contributed by atoms with van der Waals surface area (Å²) in [6.45, 7) is 9.26. The van der Waals surface area contributed by atoms with E-state index in [0.29, 0.717) is 5.71 Å². The summed E-state index contributed by atoms with van der Waals surface area (Å²) in [6.07, 6.45) is -6.44. The minimum absolute atomic E-state index is 0.282. The highest BCUT2D eigenvalue weighted by atomic mass is 19.4. The molecule has 1 heterocycles. The fourth-order valence-electron chi connectivity index (χ4n) is 3.45. The fourth-order valence-corrected chi connectivity index (χ4v) is 3.45. The monoisotopic (exact) mass is 397 g/mol. The average Bonchev–Trinajstić information content (AvgIpc) is 2.71. The molecule has 0 aromatic carbocycles. The lowest BCUT2D eigenvalue weighted by atomic mass is 9.74. The van der Waals surface area contributed by atoms with Crippen LogP contribution in [0.5, 0.6) is 0 Å². The summed E-state index contributed by atoms with van der Waals surface area (Å²) in [5.74, 6) is -4.16. The Kier molecular flexibility index (Phi) is 5.34. The Morgan fingerprint density at radius 2 is 1.70 bits per heavy atom. The summed E-state index contributed by atoms with van der Waals surface area (Å²) in [5, 5.41) is 8.75. The molecule has 9 heteroatoms. The van der Waals surface area contributed by atoms with E-state index in [1.165, 1.54) is 0 Å². The molecule has 1 aliphatic heterocycles. The van der Waals surface area contributed by atoms with Gasteiger partial charge in [-0.1, -0.05) is 20.8 Å². The number of halogens is 5. The number of nitrogens with one attached hydrogen (secondary N) is 1. The van der Waals surface area contributed by atoms with Gasteiger partial charge in [-0.2, -0.15) is 18.3 Å². The molecule has 27 heavy (non-hydrogen) atoms. The first-order valence-corrected chi connectivity index (χ1v) is 9.06. The van der Waals surface area contributed by atoms with Crippen LogP contribution in [-0.2, 0) is 4.79 Å². The van der Waals surface area contributed by atoms with Gasteiger partial charge < -0.3 is 5.32 Å². The van der Waals surface area contributed by atoms with E-state index in [-0.39, 0.29) is 24.7 Å². The van der Waals surface area contributed by atoms with E-state index >= 15 is 0 Å². The van der Waals surface area contributed by atoms with Gasteiger partial charge in [0.25, 0.3) is 0 Å². The molecule has 1 saturated carbocycles. The SMILES string of the molecule is CC1C(C2CC(F)(F)C2)=NN(C(C)(C)C)C1NC(=O)CC(C)(C)C(F)(F)F. The van der Waals surface area contributed by atoms with Gasteiger partial charge in [0.15, 0.2) is 0 Å². The van der Waals surface area contributed by atoms with Crippen molar-refractivity contribution in [3.8, 4) is 0 Å². The molecule has 4 nitrogen and oxygen atoms in total. The first-order valence-electron chi connectivity index (χ1n) is 9.06. The molecule has 1 aliphatic carbocycles. The Morgan fingerprint density at radius 3 is 2.11 bits per heavy atom. The largest absolute Gasteiger partial charge is 0.394 e. The third-order valence-corrected chi connectivity index (χ3v) is 5.30. The van der Waals surface area contributed by atoms with Crippen LogP contribution in [-0.4, -0.2) is 40.4 Å². The molecule has 2 unspecified atom stereocenters. The summed E-state index contributed by atoms with van der Waals surface area (Å²) < 4.78 is 65.7. The molecule has 2 aliphatic rings. The highest BCUT2D eigenvalue weighted by Crippen LogP contribution is 2.46. The second kappa shape index (κ2) is 6.58. The van der Waals surface area contributed by atoms with E-state index in [1.54, 1.807) is 11.9 Å². The van der Waals surface area contributed by atoms with Crippen molar-refractivity contribution < 1.29 is 26.7 Å². The maximum absolute atomic E-state index is 13.3. The number of rotatable bonds is 4. The van der Waals surface area contributed by atoms with Crippen molar-refractivity contribution in [3.05, 3.63) is 0 Å². The zero-order valence-corrected chi connectivity index (χ0v) is 16.5. The number of hydrogen-bond acceptors (Lipinski definition) is 3. The molecule has 0 radical (unpaired) electrons. The summed E-state index contributed by atoms with van der Waals surface area (Å²) >= 11 is 0. The van der Waals surface area contributed by atoms with E-state index < -0.39 is 41.5 Å². The van der Waals surface area contributed by atoms with Gasteiger partial charge in [-0.3, -0.25) is 9.80 Å². The lowest BCUT2D eigenvalue weighted by Crippen LogP contribution is -2.54. The number of alkyl halides is 5. The Balaban J connectivity index is 2.14. The molecular formula is C18H28F5N3O. The topological polar surface area (TPSA) is 44.7 Å². The van der Waals surface area contributed by atoms with E-state index in [2.05, 4.69) is 10.4 Å². The van der Waals surface area contributed by atoms with Gasteiger partial charge in [-0.25, -0.2) is 8.78 Å². The third kappa shape index (κ3) is 4.54. The van der Waals surface area contributed by atoms with E-state index in [0.717, 1.165) is 13.8 Å². The van der Waals surface area contributed by atoms with E-state index in [4.69, 9.17) is 0 Å². The summed E-state index contributed by atoms with van der Waals surface area (Å²) in [7, 11) is 0. The van der Waals surface area contributed by atoms with Gasteiger partial charge >= 0.3 is 6.18 Å². The first-order chi connectivity index (χ1) is 11.9. The van der Waals surface area contributed by atoms with Gasteiger partial charge in [-0.05, 0) is 20.8 Å². The smallest absolute Gasteiger partial charge is 0.334 e. The van der Waals surface area contributed by atoms with E-state index in [9.17, 15) is 26.7 Å². The number of nitrogens with zero attached hydrogens (tertiary/aromatic N) is 2. The van der Waals surface area contributed by atoms with Crippen LogP contribution in [0, 0.1) is 17.3 Å². The Bertz CT molecular complexity index is 613.